The van der Waals surface area contributed by atoms with Crippen LogP contribution in [0.25, 0.3) is 10.8 Å². The van der Waals surface area contributed by atoms with Crippen LogP contribution in [0.3, 0.4) is 0 Å². The summed E-state index contributed by atoms with van der Waals surface area (Å²) in [6, 6.07) is 5.20. The van der Waals surface area contributed by atoms with Gasteiger partial charge in [0.2, 0.25) is 0 Å². The number of nitrogens with zero attached hydrogens (tertiary/aromatic N) is 1. The van der Waals surface area contributed by atoms with Gasteiger partial charge in [-0.2, -0.15) is 0 Å². The Morgan fingerprint density at radius 1 is 1.36 bits per heavy atom. The third kappa shape index (κ3) is 1.40. The van der Waals surface area contributed by atoms with Gasteiger partial charge in [-0.3, -0.25) is 9.93 Å². The maximum Gasteiger partial charge on any atom is 0.199 e. The van der Waals surface area contributed by atoms with Gasteiger partial charge < -0.3 is 4.55 Å². The van der Waals surface area contributed by atoms with E-state index in [0.29, 0.717) is 22.3 Å². The highest BCUT2D eigenvalue weighted by atomic mass is 32.2. The molecule has 0 saturated carbocycles. The third-order valence-electron chi connectivity index (χ3n) is 1.89. The molecule has 2 aromatic rings. The summed E-state index contributed by atoms with van der Waals surface area (Å²) in [5, 5.41) is 1.25. The van der Waals surface area contributed by atoms with Crippen LogP contribution in [0, 0.1) is 0 Å². The van der Waals surface area contributed by atoms with Gasteiger partial charge >= 0.3 is 0 Å². The van der Waals surface area contributed by atoms with E-state index >= 15 is 0 Å². The van der Waals surface area contributed by atoms with Crippen LogP contribution in [0.15, 0.2) is 35.5 Å². The summed E-state index contributed by atoms with van der Waals surface area (Å²) in [5.74, 6) is 0.0136. The highest BCUT2D eigenvalue weighted by molar-refractivity contribution is 7.94. The smallest absolute Gasteiger partial charge is 0.199 e. The molecule has 5 heteroatoms. The first kappa shape index (κ1) is 9.23. The number of hydrogen-bond donors (Lipinski definition) is 1. The van der Waals surface area contributed by atoms with E-state index in [-0.39, 0.29) is 5.75 Å². The number of hydrogen-bond acceptors (Lipinski definition) is 4. The molecule has 0 aliphatic rings. The van der Waals surface area contributed by atoms with E-state index in [0.717, 1.165) is 5.39 Å². The number of benzene rings is 1. The third-order valence-corrected chi connectivity index (χ3v) is 2.43. The minimum Gasteiger partial charge on any atom is -0.325 e. The van der Waals surface area contributed by atoms with Crippen molar-refractivity contribution in [1.29, 1.82) is 0 Å². The van der Waals surface area contributed by atoms with Crippen LogP contribution >= 0.6 is 12.0 Å². The lowest BCUT2D eigenvalue weighted by molar-refractivity contribution is -0.00478. The summed E-state index contributed by atoms with van der Waals surface area (Å²) >= 11 is 0.553. The second-order valence-electron chi connectivity index (χ2n) is 2.66. The molecule has 1 N–H and O–H groups in total. The van der Waals surface area contributed by atoms with Crippen LogP contribution < -0.4 is 4.94 Å². The summed E-state index contributed by atoms with van der Waals surface area (Å²) in [6.45, 7) is 0. The Balaban J connectivity index is 2.81. The summed E-state index contributed by atoms with van der Waals surface area (Å²) < 4.78 is 21.1. The molecule has 0 radical (unpaired) electrons. The molecule has 0 aliphatic carbocycles. The van der Waals surface area contributed by atoms with Crippen molar-refractivity contribution < 1.29 is 14.0 Å². The SMILES string of the molecule is OSc1cccc2cncc(OF)c12. The highest BCUT2D eigenvalue weighted by Crippen LogP contribution is 2.32. The maximum atomic E-state index is 12.1. The number of pyridine rings is 1. The Morgan fingerprint density at radius 3 is 2.93 bits per heavy atom. The van der Waals surface area contributed by atoms with E-state index in [4.69, 9.17) is 4.55 Å². The Morgan fingerprint density at radius 2 is 2.21 bits per heavy atom. The average molecular weight is 211 g/mol. The van der Waals surface area contributed by atoms with Crippen LogP contribution in [0.4, 0.5) is 4.53 Å². The monoisotopic (exact) mass is 211 g/mol. The van der Waals surface area contributed by atoms with Gasteiger partial charge in [-0.1, -0.05) is 12.1 Å². The van der Waals surface area contributed by atoms with Crippen molar-refractivity contribution in [3.63, 3.8) is 0 Å². The number of halogens is 1. The molecule has 3 nitrogen and oxygen atoms in total. The summed E-state index contributed by atoms with van der Waals surface area (Å²) in [7, 11) is 0. The van der Waals surface area contributed by atoms with E-state index in [1.54, 1.807) is 24.4 Å². The van der Waals surface area contributed by atoms with Crippen molar-refractivity contribution in [2.24, 2.45) is 0 Å². The molecule has 0 atom stereocenters. The van der Waals surface area contributed by atoms with Crippen molar-refractivity contribution in [1.82, 2.24) is 4.98 Å². The molecule has 2 rings (SSSR count). The molecule has 0 amide bonds. The van der Waals surface area contributed by atoms with E-state index in [2.05, 4.69) is 9.93 Å². The largest absolute Gasteiger partial charge is 0.325 e. The Labute approximate surface area is 83.6 Å². The molecule has 0 spiro atoms. The fraction of sp³-hybridized carbons (Fsp3) is 0. The molecule has 0 aliphatic heterocycles. The van der Waals surface area contributed by atoms with E-state index in [9.17, 15) is 4.53 Å². The molecule has 1 aromatic heterocycles. The molecule has 72 valence electrons. The average Bonchev–Trinajstić information content (AvgIpc) is 2.27. The van der Waals surface area contributed by atoms with Gasteiger partial charge in [-0.25, -0.2) is 0 Å². The normalized spacial score (nSPS) is 10.4. The zero-order valence-corrected chi connectivity index (χ0v) is 7.79. The van der Waals surface area contributed by atoms with Crippen molar-refractivity contribution in [2.45, 2.75) is 4.90 Å². The van der Waals surface area contributed by atoms with E-state index in [1.807, 2.05) is 0 Å². The first-order valence-electron chi connectivity index (χ1n) is 3.83. The zero-order chi connectivity index (χ0) is 9.97. The van der Waals surface area contributed by atoms with Gasteiger partial charge in [-0.15, -0.1) is 0 Å². The number of rotatable bonds is 2. The fourth-order valence-electron chi connectivity index (χ4n) is 1.30. The molecule has 14 heavy (non-hydrogen) atoms. The van der Waals surface area contributed by atoms with Crippen LogP contribution in [0.2, 0.25) is 0 Å². The van der Waals surface area contributed by atoms with Crippen molar-refractivity contribution in [2.75, 3.05) is 0 Å². The minimum absolute atomic E-state index is 0.0136. The fourth-order valence-corrected chi connectivity index (χ4v) is 1.75. The highest BCUT2D eigenvalue weighted by Gasteiger charge is 2.08. The van der Waals surface area contributed by atoms with Gasteiger partial charge in [0.05, 0.1) is 6.20 Å². The zero-order valence-electron chi connectivity index (χ0n) is 6.98. The first-order chi connectivity index (χ1) is 6.86. The first-order valence-corrected chi connectivity index (χ1v) is 4.61. The molecule has 1 heterocycles. The predicted octanol–water partition coefficient (Wildman–Crippen LogP) is 3.06. The molecule has 1 aromatic carbocycles. The van der Waals surface area contributed by atoms with Gasteiger partial charge in [0.25, 0.3) is 0 Å². The van der Waals surface area contributed by atoms with Gasteiger partial charge in [0.1, 0.15) is 0 Å². The predicted molar refractivity (Wildman–Crippen MR) is 52.0 cm³/mol. The van der Waals surface area contributed by atoms with Gasteiger partial charge in [-0.05, 0) is 6.07 Å². The van der Waals surface area contributed by atoms with E-state index in [1.165, 1.54) is 6.20 Å². The topological polar surface area (TPSA) is 42.4 Å². The molecule has 0 unspecified atom stereocenters. The second-order valence-corrected chi connectivity index (χ2v) is 3.28. The lowest BCUT2D eigenvalue weighted by Crippen LogP contribution is -1.85. The molecule has 0 saturated heterocycles. The molecular formula is C9H6FNO2S. The maximum absolute atomic E-state index is 12.1. The Bertz CT molecular complexity index is 425. The molecule has 0 fully saturated rings. The van der Waals surface area contributed by atoms with Crippen LogP contribution in [-0.4, -0.2) is 9.54 Å². The van der Waals surface area contributed by atoms with Crippen molar-refractivity contribution in [3.05, 3.63) is 30.6 Å². The van der Waals surface area contributed by atoms with Gasteiger partial charge in [0.15, 0.2) is 5.75 Å². The second kappa shape index (κ2) is 3.81. The lowest BCUT2D eigenvalue weighted by Gasteiger charge is -2.04. The summed E-state index contributed by atoms with van der Waals surface area (Å²) in [4.78, 5) is 8.03. The van der Waals surface area contributed by atoms with Crippen LogP contribution in [0.1, 0.15) is 0 Å². The minimum atomic E-state index is 0.0136. The number of aromatic nitrogens is 1. The molecule has 0 bridgehead atoms. The molecular weight excluding hydrogens is 205 g/mol. The lowest BCUT2D eigenvalue weighted by atomic mass is 10.2. The van der Waals surface area contributed by atoms with Crippen LogP contribution in [0.5, 0.6) is 5.75 Å². The Hall–Kier alpha value is -1.33. The standard InChI is InChI=1S/C9H6FNO2S/c10-13-7-5-11-4-6-2-1-3-8(14-12)9(6)7/h1-5,12H. The quantitative estimate of drug-likeness (QED) is 0.775. The summed E-state index contributed by atoms with van der Waals surface area (Å²) in [6.07, 6.45) is 2.85. The van der Waals surface area contributed by atoms with E-state index < -0.39 is 0 Å². The number of fused-ring (bicyclic) bond motifs is 1. The van der Waals surface area contributed by atoms with Crippen molar-refractivity contribution >= 4 is 22.8 Å². The van der Waals surface area contributed by atoms with Crippen molar-refractivity contribution in [3.8, 4) is 5.75 Å². The van der Waals surface area contributed by atoms with Crippen LogP contribution in [-0.2, 0) is 0 Å². The Kier molecular flexibility index (Phi) is 2.51. The summed E-state index contributed by atoms with van der Waals surface area (Å²) in [5.41, 5.74) is 0. The van der Waals surface area contributed by atoms with Gasteiger partial charge in [0, 0.05) is 38.4 Å².